The van der Waals surface area contributed by atoms with Gasteiger partial charge in [0.1, 0.15) is 0 Å². The summed E-state index contributed by atoms with van der Waals surface area (Å²) in [5.74, 6) is 0. The number of nitrogens with zero attached hydrogens (tertiary/aromatic N) is 1. The Kier molecular flexibility index (Phi) is 5.33. The average Bonchev–Trinajstić information content (AvgIpc) is 2.35. The Morgan fingerprint density at radius 1 is 1.12 bits per heavy atom. The minimum atomic E-state index is 0.176. The lowest BCUT2D eigenvalue weighted by Crippen LogP contribution is -2.23. The molecule has 2 N–H and O–H groups in total. The second kappa shape index (κ2) is 6.54. The molecule has 2 heteroatoms. The van der Waals surface area contributed by atoms with Crippen molar-refractivity contribution in [3.63, 3.8) is 0 Å². The summed E-state index contributed by atoms with van der Waals surface area (Å²) in [6.45, 7) is 8.71. The van der Waals surface area contributed by atoms with E-state index in [1.165, 1.54) is 17.7 Å². The fraction of sp³-hybridized carbons (Fsp3) is 0.571. The summed E-state index contributed by atoms with van der Waals surface area (Å²) in [6, 6.07) is 8.85. The lowest BCUT2D eigenvalue weighted by molar-refractivity contribution is 0.698. The summed E-state index contributed by atoms with van der Waals surface area (Å²) >= 11 is 0. The highest BCUT2D eigenvalue weighted by atomic mass is 15.1. The van der Waals surface area contributed by atoms with Crippen LogP contribution in [0.1, 0.15) is 45.2 Å². The van der Waals surface area contributed by atoms with Gasteiger partial charge in [-0.3, -0.25) is 0 Å². The first kappa shape index (κ1) is 13.0. The van der Waals surface area contributed by atoms with Crippen LogP contribution in [0.3, 0.4) is 0 Å². The standard InChI is InChI=1S/C14H24N2/c1-4-11-16(6-3)13-9-7-12(8-10-13)14(15)5-2/h7-10,14H,4-6,11,15H2,1-3H3. The topological polar surface area (TPSA) is 29.3 Å². The molecule has 0 aliphatic rings. The van der Waals surface area contributed by atoms with Crippen molar-refractivity contribution in [2.75, 3.05) is 18.0 Å². The van der Waals surface area contributed by atoms with Gasteiger partial charge in [-0.1, -0.05) is 26.0 Å². The molecule has 1 atom stereocenters. The van der Waals surface area contributed by atoms with Crippen LogP contribution in [-0.2, 0) is 0 Å². The Morgan fingerprint density at radius 3 is 2.19 bits per heavy atom. The lowest BCUT2D eigenvalue weighted by atomic mass is 10.1. The first-order chi connectivity index (χ1) is 7.72. The van der Waals surface area contributed by atoms with E-state index in [0.717, 1.165) is 19.5 Å². The molecule has 1 rings (SSSR count). The molecule has 0 saturated carbocycles. The van der Waals surface area contributed by atoms with Crippen LogP contribution in [0.5, 0.6) is 0 Å². The Balaban J connectivity index is 2.76. The van der Waals surface area contributed by atoms with Crippen LogP contribution in [0.2, 0.25) is 0 Å². The number of benzene rings is 1. The molecule has 0 saturated heterocycles. The zero-order valence-corrected chi connectivity index (χ0v) is 10.7. The molecule has 1 unspecified atom stereocenters. The Hall–Kier alpha value is -1.02. The molecule has 1 aromatic rings. The van der Waals surface area contributed by atoms with Crippen LogP contribution in [0.25, 0.3) is 0 Å². The van der Waals surface area contributed by atoms with Crippen molar-refractivity contribution >= 4 is 5.69 Å². The van der Waals surface area contributed by atoms with E-state index >= 15 is 0 Å². The van der Waals surface area contributed by atoms with Crippen molar-refractivity contribution in [3.05, 3.63) is 29.8 Å². The maximum Gasteiger partial charge on any atom is 0.0366 e. The van der Waals surface area contributed by atoms with Gasteiger partial charge in [-0.25, -0.2) is 0 Å². The van der Waals surface area contributed by atoms with Crippen LogP contribution in [0, 0.1) is 0 Å². The van der Waals surface area contributed by atoms with Gasteiger partial charge < -0.3 is 10.6 Å². The van der Waals surface area contributed by atoms with Gasteiger partial charge in [0.05, 0.1) is 0 Å². The van der Waals surface area contributed by atoms with Gasteiger partial charge in [-0.05, 0) is 37.5 Å². The van der Waals surface area contributed by atoms with Gasteiger partial charge in [0.25, 0.3) is 0 Å². The predicted octanol–water partition coefficient (Wildman–Crippen LogP) is 3.33. The molecule has 0 aliphatic heterocycles. The molecule has 0 bridgehead atoms. The number of rotatable bonds is 6. The van der Waals surface area contributed by atoms with Crippen molar-refractivity contribution < 1.29 is 0 Å². The second-order valence-electron chi connectivity index (χ2n) is 4.19. The molecule has 0 spiro atoms. The second-order valence-corrected chi connectivity index (χ2v) is 4.19. The smallest absolute Gasteiger partial charge is 0.0366 e. The summed E-state index contributed by atoms with van der Waals surface area (Å²) in [5, 5.41) is 0. The molecule has 2 nitrogen and oxygen atoms in total. The lowest BCUT2D eigenvalue weighted by Gasteiger charge is -2.23. The third kappa shape index (κ3) is 3.24. The van der Waals surface area contributed by atoms with E-state index in [1.807, 2.05) is 0 Å². The zero-order chi connectivity index (χ0) is 12.0. The Labute approximate surface area is 99.5 Å². The fourth-order valence-electron chi connectivity index (χ4n) is 1.91. The van der Waals surface area contributed by atoms with E-state index in [9.17, 15) is 0 Å². The van der Waals surface area contributed by atoms with Crippen LogP contribution >= 0.6 is 0 Å². The van der Waals surface area contributed by atoms with Gasteiger partial charge in [0.2, 0.25) is 0 Å². The third-order valence-electron chi connectivity index (χ3n) is 3.00. The van der Waals surface area contributed by atoms with Crippen molar-refractivity contribution in [1.82, 2.24) is 0 Å². The van der Waals surface area contributed by atoms with Crippen LogP contribution < -0.4 is 10.6 Å². The Morgan fingerprint density at radius 2 is 1.75 bits per heavy atom. The zero-order valence-electron chi connectivity index (χ0n) is 10.7. The molecular formula is C14H24N2. The van der Waals surface area contributed by atoms with Gasteiger partial charge in [0.15, 0.2) is 0 Å². The van der Waals surface area contributed by atoms with Gasteiger partial charge in [-0.2, -0.15) is 0 Å². The number of hydrogen-bond donors (Lipinski definition) is 1. The van der Waals surface area contributed by atoms with E-state index < -0.39 is 0 Å². The predicted molar refractivity (Wildman–Crippen MR) is 71.8 cm³/mol. The third-order valence-corrected chi connectivity index (χ3v) is 3.00. The minimum Gasteiger partial charge on any atom is -0.372 e. The van der Waals surface area contributed by atoms with Crippen molar-refractivity contribution in [3.8, 4) is 0 Å². The van der Waals surface area contributed by atoms with Crippen molar-refractivity contribution in [2.24, 2.45) is 5.73 Å². The van der Waals surface area contributed by atoms with Crippen molar-refractivity contribution in [1.29, 1.82) is 0 Å². The Bertz CT molecular complexity index is 292. The molecular weight excluding hydrogens is 196 g/mol. The van der Waals surface area contributed by atoms with E-state index in [-0.39, 0.29) is 6.04 Å². The molecule has 90 valence electrons. The first-order valence-corrected chi connectivity index (χ1v) is 6.33. The average molecular weight is 220 g/mol. The SMILES string of the molecule is CCCN(CC)c1ccc(C(N)CC)cc1. The molecule has 0 amide bonds. The summed E-state index contributed by atoms with van der Waals surface area (Å²) in [4.78, 5) is 2.39. The normalized spacial score (nSPS) is 12.5. The molecule has 0 aliphatic carbocycles. The summed E-state index contributed by atoms with van der Waals surface area (Å²) < 4.78 is 0. The van der Waals surface area contributed by atoms with Gasteiger partial charge >= 0.3 is 0 Å². The molecule has 0 aromatic heterocycles. The molecule has 16 heavy (non-hydrogen) atoms. The van der Waals surface area contributed by atoms with Gasteiger partial charge in [0, 0.05) is 24.8 Å². The number of nitrogens with two attached hydrogens (primary N) is 1. The highest BCUT2D eigenvalue weighted by molar-refractivity contribution is 5.47. The number of hydrogen-bond acceptors (Lipinski definition) is 2. The largest absolute Gasteiger partial charge is 0.372 e. The van der Waals surface area contributed by atoms with E-state index in [0.29, 0.717) is 0 Å². The van der Waals surface area contributed by atoms with E-state index in [1.54, 1.807) is 0 Å². The summed E-state index contributed by atoms with van der Waals surface area (Å²) in [7, 11) is 0. The monoisotopic (exact) mass is 220 g/mol. The molecule has 1 aromatic carbocycles. The number of anilines is 1. The minimum absolute atomic E-state index is 0.176. The molecule has 0 radical (unpaired) electrons. The van der Waals surface area contributed by atoms with E-state index in [4.69, 9.17) is 5.73 Å². The van der Waals surface area contributed by atoms with Crippen LogP contribution in [0.4, 0.5) is 5.69 Å². The van der Waals surface area contributed by atoms with Gasteiger partial charge in [-0.15, -0.1) is 0 Å². The summed E-state index contributed by atoms with van der Waals surface area (Å²) in [6.07, 6.45) is 2.18. The van der Waals surface area contributed by atoms with Crippen molar-refractivity contribution in [2.45, 2.75) is 39.7 Å². The summed E-state index contributed by atoms with van der Waals surface area (Å²) in [5.41, 5.74) is 8.54. The van der Waals surface area contributed by atoms with E-state index in [2.05, 4.69) is 49.9 Å². The molecule has 0 fully saturated rings. The fourth-order valence-corrected chi connectivity index (χ4v) is 1.91. The highest BCUT2D eigenvalue weighted by Crippen LogP contribution is 2.19. The highest BCUT2D eigenvalue weighted by Gasteiger charge is 2.05. The van der Waals surface area contributed by atoms with Crippen LogP contribution in [0.15, 0.2) is 24.3 Å². The quantitative estimate of drug-likeness (QED) is 0.796. The maximum absolute atomic E-state index is 6.00. The first-order valence-electron chi connectivity index (χ1n) is 6.33. The maximum atomic E-state index is 6.00. The molecule has 0 heterocycles. The van der Waals surface area contributed by atoms with Crippen LogP contribution in [-0.4, -0.2) is 13.1 Å².